The van der Waals surface area contributed by atoms with Crippen molar-refractivity contribution in [3.05, 3.63) is 65.9 Å². The fraction of sp³-hybridized carbons (Fsp3) is 0.370. The third-order valence-electron chi connectivity index (χ3n) is 6.29. The molecule has 1 aliphatic rings. The Bertz CT molecular complexity index is 1170. The standard InChI is InChI=1S/C27H30F3N3O3.2ClH/c1-18-14-20(16-25(34-2)26(18)35-3)24-15-19(8-13-32-24)17-33(22-9-11-31-12-10-22)21-4-6-23(7-5-21)36-27(28,29)30;;/h4-8,13-16,22,31H,9-12,17H2,1-3H3;2*1H. The highest BCUT2D eigenvalue weighted by atomic mass is 35.5. The van der Waals surface area contributed by atoms with Gasteiger partial charge in [-0.3, -0.25) is 4.98 Å². The van der Waals surface area contributed by atoms with Crippen molar-refractivity contribution in [1.82, 2.24) is 10.3 Å². The number of hydrogen-bond donors (Lipinski definition) is 1. The van der Waals surface area contributed by atoms with Crippen LogP contribution in [0.4, 0.5) is 18.9 Å². The molecule has 1 saturated heterocycles. The van der Waals surface area contributed by atoms with Gasteiger partial charge in [0.1, 0.15) is 5.75 Å². The molecule has 0 atom stereocenters. The number of halogens is 5. The topological polar surface area (TPSA) is 55.9 Å². The maximum absolute atomic E-state index is 12.6. The number of hydrogen-bond acceptors (Lipinski definition) is 6. The summed E-state index contributed by atoms with van der Waals surface area (Å²) in [6.07, 6.45) is -1.06. The molecule has 1 fully saturated rings. The number of methoxy groups -OCH3 is 2. The lowest BCUT2D eigenvalue weighted by atomic mass is 10.0. The van der Waals surface area contributed by atoms with E-state index in [1.54, 1.807) is 32.5 Å². The van der Waals surface area contributed by atoms with E-state index >= 15 is 0 Å². The molecule has 0 amide bonds. The third-order valence-corrected chi connectivity index (χ3v) is 6.29. The maximum atomic E-state index is 12.6. The second-order valence-electron chi connectivity index (χ2n) is 8.73. The Morgan fingerprint density at radius 3 is 2.26 bits per heavy atom. The Hall–Kier alpha value is -2.88. The van der Waals surface area contributed by atoms with E-state index in [9.17, 15) is 13.2 Å². The lowest BCUT2D eigenvalue weighted by molar-refractivity contribution is -0.274. The Morgan fingerprint density at radius 1 is 0.974 bits per heavy atom. The number of ether oxygens (including phenoxy) is 3. The number of rotatable bonds is 8. The molecule has 2 aromatic carbocycles. The number of aromatic nitrogens is 1. The zero-order chi connectivity index (χ0) is 25.7. The molecule has 3 aromatic rings. The first-order chi connectivity index (χ1) is 17.3. The second-order valence-corrected chi connectivity index (χ2v) is 8.73. The van der Waals surface area contributed by atoms with E-state index in [4.69, 9.17) is 9.47 Å². The predicted octanol–water partition coefficient (Wildman–Crippen LogP) is 6.58. The van der Waals surface area contributed by atoms with Crippen LogP contribution in [-0.4, -0.2) is 44.7 Å². The van der Waals surface area contributed by atoms with Gasteiger partial charge in [-0.15, -0.1) is 38.0 Å². The summed E-state index contributed by atoms with van der Waals surface area (Å²) in [6, 6.07) is 14.3. The predicted molar refractivity (Wildman–Crippen MR) is 147 cm³/mol. The summed E-state index contributed by atoms with van der Waals surface area (Å²) >= 11 is 0. The summed E-state index contributed by atoms with van der Waals surface area (Å²) in [7, 11) is 3.22. The highest BCUT2D eigenvalue weighted by molar-refractivity contribution is 5.85. The van der Waals surface area contributed by atoms with Gasteiger partial charge in [-0.05, 0) is 92.5 Å². The Balaban J connectivity index is 0.00000253. The lowest BCUT2D eigenvalue weighted by Crippen LogP contribution is -2.43. The summed E-state index contributed by atoms with van der Waals surface area (Å²) in [5, 5.41) is 3.37. The van der Waals surface area contributed by atoms with Crippen LogP contribution < -0.4 is 24.4 Å². The third kappa shape index (κ3) is 7.82. The minimum absolute atomic E-state index is 0. The molecule has 1 aliphatic heterocycles. The van der Waals surface area contributed by atoms with Crippen molar-refractivity contribution in [3.8, 4) is 28.5 Å². The molecule has 208 valence electrons. The van der Waals surface area contributed by atoms with Crippen LogP contribution in [0.25, 0.3) is 11.3 Å². The average Bonchev–Trinajstić information content (AvgIpc) is 2.87. The van der Waals surface area contributed by atoms with Gasteiger partial charge in [0.05, 0.1) is 19.9 Å². The lowest BCUT2D eigenvalue weighted by Gasteiger charge is -2.36. The number of anilines is 1. The van der Waals surface area contributed by atoms with Gasteiger partial charge >= 0.3 is 6.36 Å². The quantitative estimate of drug-likeness (QED) is 0.328. The van der Waals surface area contributed by atoms with E-state index in [0.717, 1.165) is 54.0 Å². The van der Waals surface area contributed by atoms with E-state index < -0.39 is 6.36 Å². The van der Waals surface area contributed by atoms with Crippen LogP contribution in [0.1, 0.15) is 24.0 Å². The molecule has 0 aliphatic carbocycles. The summed E-state index contributed by atoms with van der Waals surface area (Å²) < 4.78 is 52.8. The van der Waals surface area contributed by atoms with E-state index in [1.807, 2.05) is 31.2 Å². The number of benzene rings is 2. The first-order valence-electron chi connectivity index (χ1n) is 11.8. The second kappa shape index (κ2) is 13.8. The molecule has 38 heavy (non-hydrogen) atoms. The molecular formula is C27H32Cl2F3N3O3. The molecule has 2 heterocycles. The summed E-state index contributed by atoms with van der Waals surface area (Å²) in [5.74, 6) is 1.09. The minimum Gasteiger partial charge on any atom is -0.493 e. The van der Waals surface area contributed by atoms with Crippen LogP contribution in [0.2, 0.25) is 0 Å². The minimum atomic E-state index is -4.72. The molecule has 6 nitrogen and oxygen atoms in total. The summed E-state index contributed by atoms with van der Waals surface area (Å²) in [5.41, 5.74) is 4.54. The van der Waals surface area contributed by atoms with Crippen LogP contribution in [0.15, 0.2) is 54.7 Å². The van der Waals surface area contributed by atoms with Gasteiger partial charge in [-0.1, -0.05) is 0 Å². The van der Waals surface area contributed by atoms with Crippen LogP contribution in [0.3, 0.4) is 0 Å². The van der Waals surface area contributed by atoms with Gasteiger partial charge in [-0.25, -0.2) is 0 Å². The monoisotopic (exact) mass is 573 g/mol. The molecule has 1 N–H and O–H groups in total. The molecule has 0 bridgehead atoms. The number of nitrogens with zero attached hydrogens (tertiary/aromatic N) is 2. The molecule has 0 radical (unpaired) electrons. The fourth-order valence-electron chi connectivity index (χ4n) is 4.62. The summed E-state index contributed by atoms with van der Waals surface area (Å²) in [4.78, 5) is 6.82. The van der Waals surface area contributed by atoms with Crippen molar-refractivity contribution in [1.29, 1.82) is 0 Å². The Morgan fingerprint density at radius 2 is 1.66 bits per heavy atom. The maximum Gasteiger partial charge on any atom is 0.573 e. The SMILES string of the molecule is COc1cc(-c2cc(CN(c3ccc(OC(F)(F)F)cc3)C3CCNCC3)ccn2)cc(C)c1OC.Cl.Cl. The molecule has 0 saturated carbocycles. The molecule has 0 unspecified atom stereocenters. The Kier molecular flexibility index (Phi) is 11.4. The fourth-order valence-corrected chi connectivity index (χ4v) is 4.62. The van der Waals surface area contributed by atoms with Crippen LogP contribution >= 0.6 is 24.8 Å². The van der Waals surface area contributed by atoms with Gasteiger partial charge in [0.15, 0.2) is 11.5 Å². The van der Waals surface area contributed by atoms with Crippen molar-refractivity contribution < 1.29 is 27.4 Å². The van der Waals surface area contributed by atoms with E-state index in [0.29, 0.717) is 18.0 Å². The van der Waals surface area contributed by atoms with Gasteiger partial charge in [0.2, 0.25) is 0 Å². The van der Waals surface area contributed by atoms with Gasteiger partial charge in [0, 0.05) is 30.0 Å². The highest BCUT2D eigenvalue weighted by Crippen LogP contribution is 2.36. The van der Waals surface area contributed by atoms with Crippen molar-refractivity contribution >= 4 is 30.5 Å². The first kappa shape index (κ1) is 31.3. The van der Waals surface area contributed by atoms with Crippen LogP contribution in [0, 0.1) is 6.92 Å². The molecule has 1 aromatic heterocycles. The van der Waals surface area contributed by atoms with E-state index in [1.165, 1.54) is 12.1 Å². The van der Waals surface area contributed by atoms with Crippen molar-refractivity contribution in [2.45, 2.75) is 38.7 Å². The van der Waals surface area contributed by atoms with Crippen molar-refractivity contribution in [3.63, 3.8) is 0 Å². The largest absolute Gasteiger partial charge is 0.573 e. The smallest absolute Gasteiger partial charge is 0.493 e. The number of nitrogens with one attached hydrogen (secondary N) is 1. The van der Waals surface area contributed by atoms with Crippen molar-refractivity contribution in [2.75, 3.05) is 32.2 Å². The van der Waals surface area contributed by atoms with Gasteiger partial charge < -0.3 is 24.4 Å². The zero-order valence-corrected chi connectivity index (χ0v) is 23.0. The molecule has 11 heteroatoms. The van der Waals surface area contributed by atoms with Crippen LogP contribution in [-0.2, 0) is 6.54 Å². The average molecular weight is 574 g/mol. The number of piperidine rings is 1. The number of pyridine rings is 1. The number of alkyl halides is 3. The normalized spacial score (nSPS) is 13.6. The first-order valence-corrected chi connectivity index (χ1v) is 11.8. The summed E-state index contributed by atoms with van der Waals surface area (Å²) in [6.45, 7) is 4.33. The Labute approximate surface area is 233 Å². The van der Waals surface area contributed by atoms with E-state index in [-0.39, 0.29) is 36.6 Å². The van der Waals surface area contributed by atoms with Gasteiger partial charge in [0.25, 0.3) is 0 Å². The van der Waals surface area contributed by atoms with Gasteiger partial charge in [-0.2, -0.15) is 0 Å². The molecule has 0 spiro atoms. The number of aryl methyl sites for hydroxylation is 1. The zero-order valence-electron chi connectivity index (χ0n) is 21.4. The van der Waals surface area contributed by atoms with Crippen molar-refractivity contribution in [2.24, 2.45) is 0 Å². The molecular weight excluding hydrogens is 542 g/mol. The van der Waals surface area contributed by atoms with Crippen LogP contribution in [0.5, 0.6) is 17.2 Å². The van der Waals surface area contributed by atoms with E-state index in [2.05, 4.69) is 19.9 Å². The highest BCUT2D eigenvalue weighted by Gasteiger charge is 2.31. The molecule has 4 rings (SSSR count).